The van der Waals surface area contributed by atoms with Crippen LogP contribution in [-0.4, -0.2) is 4.83 Å². The lowest BCUT2D eigenvalue weighted by atomic mass is 10.1. The molecule has 0 aromatic carbocycles. The lowest BCUT2D eigenvalue weighted by molar-refractivity contribution is 0.683. The van der Waals surface area contributed by atoms with Crippen molar-refractivity contribution in [2.75, 3.05) is 0 Å². The normalized spacial score (nSPS) is 14.1. The molecule has 0 aromatic heterocycles. The summed E-state index contributed by atoms with van der Waals surface area (Å²) in [6, 6.07) is 0. The van der Waals surface area contributed by atoms with Gasteiger partial charge in [0.05, 0.1) is 0 Å². The van der Waals surface area contributed by atoms with Crippen molar-refractivity contribution in [2.24, 2.45) is 0 Å². The molecule has 1 unspecified atom stereocenters. The van der Waals surface area contributed by atoms with Crippen molar-refractivity contribution in [1.82, 2.24) is 0 Å². The zero-order valence-electron chi connectivity index (χ0n) is 7.65. The van der Waals surface area contributed by atoms with Crippen LogP contribution in [-0.2, 0) is 0 Å². The summed E-state index contributed by atoms with van der Waals surface area (Å²) in [7, 11) is 0. The first-order valence-corrected chi connectivity index (χ1v) is 5.53. The minimum absolute atomic E-state index is 0.606. The summed E-state index contributed by atoms with van der Waals surface area (Å²) in [6.07, 6.45) is 10.9. The maximum atomic E-state index is 3.62. The van der Waals surface area contributed by atoms with Gasteiger partial charge in [-0.2, -0.15) is 0 Å². The van der Waals surface area contributed by atoms with Crippen molar-refractivity contribution in [3.05, 3.63) is 12.2 Å². The van der Waals surface area contributed by atoms with Gasteiger partial charge in [0.15, 0.2) is 0 Å². The molecule has 1 heteroatoms. The SMILES string of the molecule is CCC=CC(Br)CCCCC. The van der Waals surface area contributed by atoms with Crippen molar-refractivity contribution in [2.45, 2.75) is 50.8 Å². The molecule has 11 heavy (non-hydrogen) atoms. The third-order valence-electron chi connectivity index (χ3n) is 1.66. The van der Waals surface area contributed by atoms with Crippen LogP contribution in [0.5, 0.6) is 0 Å². The van der Waals surface area contributed by atoms with E-state index in [1.165, 1.54) is 25.7 Å². The van der Waals surface area contributed by atoms with Crippen LogP contribution in [0.25, 0.3) is 0 Å². The van der Waals surface area contributed by atoms with Crippen molar-refractivity contribution in [3.8, 4) is 0 Å². The van der Waals surface area contributed by atoms with Gasteiger partial charge < -0.3 is 0 Å². The minimum atomic E-state index is 0.606. The second kappa shape index (κ2) is 8.32. The first-order valence-electron chi connectivity index (χ1n) is 4.62. The molecular weight excluding hydrogens is 200 g/mol. The van der Waals surface area contributed by atoms with Crippen LogP contribution in [0.15, 0.2) is 12.2 Å². The van der Waals surface area contributed by atoms with E-state index < -0.39 is 0 Å². The van der Waals surface area contributed by atoms with E-state index in [1.54, 1.807) is 0 Å². The molecule has 0 bridgehead atoms. The Morgan fingerprint density at radius 1 is 1.27 bits per heavy atom. The number of allylic oxidation sites excluding steroid dienone is 2. The van der Waals surface area contributed by atoms with Crippen molar-refractivity contribution >= 4 is 15.9 Å². The van der Waals surface area contributed by atoms with Crippen molar-refractivity contribution < 1.29 is 0 Å². The highest BCUT2D eigenvalue weighted by Crippen LogP contribution is 2.12. The highest BCUT2D eigenvalue weighted by molar-refractivity contribution is 9.09. The monoisotopic (exact) mass is 218 g/mol. The molecule has 0 fully saturated rings. The van der Waals surface area contributed by atoms with Gasteiger partial charge in [-0.3, -0.25) is 0 Å². The average Bonchev–Trinajstić information content (AvgIpc) is 2.01. The fourth-order valence-electron chi connectivity index (χ4n) is 0.969. The average molecular weight is 219 g/mol. The van der Waals surface area contributed by atoms with E-state index in [-0.39, 0.29) is 0 Å². The van der Waals surface area contributed by atoms with E-state index in [9.17, 15) is 0 Å². The third-order valence-corrected chi connectivity index (χ3v) is 2.43. The van der Waals surface area contributed by atoms with Crippen LogP contribution < -0.4 is 0 Å². The summed E-state index contributed by atoms with van der Waals surface area (Å²) in [5.41, 5.74) is 0. The Kier molecular flexibility index (Phi) is 8.48. The number of rotatable bonds is 6. The van der Waals surface area contributed by atoms with Crippen LogP contribution in [0.4, 0.5) is 0 Å². The Bertz CT molecular complexity index is 97.0. The van der Waals surface area contributed by atoms with Gasteiger partial charge in [-0.05, 0) is 12.8 Å². The molecule has 0 radical (unpaired) electrons. The van der Waals surface area contributed by atoms with Crippen LogP contribution in [0.3, 0.4) is 0 Å². The zero-order valence-corrected chi connectivity index (χ0v) is 9.23. The standard InChI is InChI=1S/C10H19Br/c1-3-5-7-9-10(11)8-6-4-2/h6,8,10H,3-5,7,9H2,1-2H3. The molecule has 0 saturated heterocycles. The Hall–Kier alpha value is 0.220. The van der Waals surface area contributed by atoms with Crippen molar-refractivity contribution in [3.63, 3.8) is 0 Å². The molecular formula is C10H19Br. The summed E-state index contributed by atoms with van der Waals surface area (Å²) < 4.78 is 0. The molecule has 0 saturated carbocycles. The molecule has 0 spiro atoms. The molecule has 66 valence electrons. The quantitative estimate of drug-likeness (QED) is 0.355. The van der Waals surface area contributed by atoms with Crippen molar-refractivity contribution in [1.29, 1.82) is 0 Å². The second-order valence-electron chi connectivity index (χ2n) is 2.85. The molecule has 0 heterocycles. The highest BCUT2D eigenvalue weighted by Gasteiger charge is 1.96. The summed E-state index contributed by atoms with van der Waals surface area (Å²) in [5.74, 6) is 0. The van der Waals surface area contributed by atoms with E-state index in [0.29, 0.717) is 4.83 Å². The van der Waals surface area contributed by atoms with Gasteiger partial charge in [-0.25, -0.2) is 0 Å². The smallest absolute Gasteiger partial charge is 0.0325 e. The third kappa shape index (κ3) is 8.12. The van der Waals surface area contributed by atoms with Gasteiger partial charge in [0.25, 0.3) is 0 Å². The van der Waals surface area contributed by atoms with Gasteiger partial charge >= 0.3 is 0 Å². The molecule has 0 aliphatic heterocycles. The van der Waals surface area contributed by atoms with Crippen LogP contribution in [0.2, 0.25) is 0 Å². The van der Waals surface area contributed by atoms with E-state index in [2.05, 4.69) is 41.9 Å². The first-order chi connectivity index (χ1) is 5.31. The predicted octanol–water partition coefficient (Wildman–Crippen LogP) is 4.30. The lowest BCUT2D eigenvalue weighted by Gasteiger charge is -2.02. The fourth-order valence-corrected chi connectivity index (χ4v) is 1.51. The molecule has 0 amide bonds. The Morgan fingerprint density at radius 2 is 2.00 bits per heavy atom. The van der Waals surface area contributed by atoms with Crippen LogP contribution in [0.1, 0.15) is 46.0 Å². The zero-order chi connectivity index (χ0) is 8.53. The topological polar surface area (TPSA) is 0 Å². The highest BCUT2D eigenvalue weighted by atomic mass is 79.9. The van der Waals surface area contributed by atoms with Gasteiger partial charge in [-0.15, -0.1) is 0 Å². The summed E-state index contributed by atoms with van der Waals surface area (Å²) >= 11 is 3.62. The largest absolute Gasteiger partial charge is 0.0877 e. The Balaban J connectivity index is 3.21. The van der Waals surface area contributed by atoms with E-state index in [4.69, 9.17) is 0 Å². The molecule has 0 aliphatic carbocycles. The number of hydrogen-bond acceptors (Lipinski definition) is 0. The summed E-state index contributed by atoms with van der Waals surface area (Å²) in [6.45, 7) is 4.41. The predicted molar refractivity (Wildman–Crippen MR) is 56.3 cm³/mol. The second-order valence-corrected chi connectivity index (χ2v) is 4.02. The molecule has 0 aliphatic rings. The van der Waals surface area contributed by atoms with Gasteiger partial charge in [0.1, 0.15) is 0 Å². The molecule has 0 nitrogen and oxygen atoms in total. The van der Waals surface area contributed by atoms with E-state index in [0.717, 1.165) is 6.42 Å². The first kappa shape index (κ1) is 11.2. The fraction of sp³-hybridized carbons (Fsp3) is 0.800. The molecule has 1 atom stereocenters. The van der Waals surface area contributed by atoms with Crippen LogP contribution >= 0.6 is 15.9 Å². The van der Waals surface area contributed by atoms with Gasteiger partial charge in [0, 0.05) is 4.83 Å². The molecule has 0 N–H and O–H groups in total. The minimum Gasteiger partial charge on any atom is -0.0877 e. The van der Waals surface area contributed by atoms with E-state index in [1.807, 2.05) is 0 Å². The Labute approximate surface area is 79.2 Å². The number of unbranched alkanes of at least 4 members (excludes halogenated alkanes) is 2. The maximum Gasteiger partial charge on any atom is 0.0325 e. The molecule has 0 rings (SSSR count). The van der Waals surface area contributed by atoms with E-state index >= 15 is 0 Å². The van der Waals surface area contributed by atoms with Gasteiger partial charge in [0.2, 0.25) is 0 Å². The van der Waals surface area contributed by atoms with Gasteiger partial charge in [-0.1, -0.05) is 61.2 Å². The number of hydrogen-bond donors (Lipinski definition) is 0. The van der Waals surface area contributed by atoms with Crippen LogP contribution in [0, 0.1) is 0 Å². The summed E-state index contributed by atoms with van der Waals surface area (Å²) in [4.78, 5) is 0.606. The maximum absolute atomic E-state index is 3.62. The molecule has 0 aromatic rings. The Morgan fingerprint density at radius 3 is 2.55 bits per heavy atom. The summed E-state index contributed by atoms with van der Waals surface area (Å²) in [5, 5.41) is 0. The lowest BCUT2D eigenvalue weighted by Crippen LogP contribution is -1.91. The number of halogens is 1. The number of alkyl halides is 1.